The number of hydrogen-bond donors (Lipinski definition) is 1. The molecule has 4 aliphatic rings. The minimum atomic E-state index is -0.786. The van der Waals surface area contributed by atoms with E-state index in [1.165, 1.54) is 12.8 Å². The Balaban J connectivity index is 0.00000218. The lowest BCUT2D eigenvalue weighted by Crippen LogP contribution is -2.64. The minimum Gasteiger partial charge on any atom is -0.341 e. The number of rotatable bonds is 3. The van der Waals surface area contributed by atoms with E-state index in [9.17, 15) is 14.4 Å². The SMILES string of the molecule is CN(C(=O)CN1C(=O)c2ccccc2N2C(=O)CCC12C)C1CC2CCC(C1)N2.Cl. The summed E-state index contributed by atoms with van der Waals surface area (Å²) in [6.07, 6.45) is 5.23. The van der Waals surface area contributed by atoms with Crippen LogP contribution in [0.15, 0.2) is 24.3 Å². The van der Waals surface area contributed by atoms with Gasteiger partial charge >= 0.3 is 0 Å². The monoisotopic (exact) mass is 432 g/mol. The number of carbonyl (C=O) groups excluding carboxylic acids is 3. The molecule has 162 valence electrons. The number of nitrogens with zero attached hydrogens (tertiary/aromatic N) is 3. The quantitative estimate of drug-likeness (QED) is 0.794. The molecule has 3 amide bonds. The second-order valence-corrected chi connectivity index (χ2v) is 9.12. The van der Waals surface area contributed by atoms with Crippen molar-refractivity contribution < 1.29 is 14.4 Å². The summed E-state index contributed by atoms with van der Waals surface area (Å²) < 4.78 is 0. The zero-order valence-electron chi connectivity index (χ0n) is 17.5. The molecular weight excluding hydrogens is 404 g/mol. The lowest BCUT2D eigenvalue weighted by atomic mass is 9.97. The average Bonchev–Trinajstić information content (AvgIpc) is 3.22. The highest BCUT2D eigenvalue weighted by atomic mass is 35.5. The molecule has 3 atom stereocenters. The first-order chi connectivity index (χ1) is 13.9. The van der Waals surface area contributed by atoms with Crippen LogP contribution >= 0.6 is 12.4 Å². The maximum absolute atomic E-state index is 13.3. The summed E-state index contributed by atoms with van der Waals surface area (Å²) in [6.45, 7) is 1.91. The summed E-state index contributed by atoms with van der Waals surface area (Å²) in [5.74, 6) is -0.209. The van der Waals surface area contributed by atoms with Crippen LogP contribution in [0.5, 0.6) is 0 Å². The molecule has 5 rings (SSSR count). The number of likely N-dealkylation sites (N-methyl/N-ethyl adjacent to an activating group) is 1. The van der Waals surface area contributed by atoms with Gasteiger partial charge in [0.2, 0.25) is 11.8 Å². The molecule has 7 nitrogen and oxygen atoms in total. The third-order valence-electron chi connectivity index (χ3n) is 7.43. The van der Waals surface area contributed by atoms with Crippen LogP contribution < -0.4 is 10.2 Å². The largest absolute Gasteiger partial charge is 0.341 e. The van der Waals surface area contributed by atoms with Gasteiger partial charge < -0.3 is 15.1 Å². The Morgan fingerprint density at radius 1 is 1.20 bits per heavy atom. The highest BCUT2D eigenvalue weighted by Gasteiger charge is 2.53. The van der Waals surface area contributed by atoms with Crippen molar-refractivity contribution in [2.75, 3.05) is 18.5 Å². The van der Waals surface area contributed by atoms with Gasteiger partial charge in [-0.3, -0.25) is 19.3 Å². The van der Waals surface area contributed by atoms with Gasteiger partial charge in [-0.05, 0) is 51.2 Å². The van der Waals surface area contributed by atoms with E-state index in [1.54, 1.807) is 21.9 Å². The molecule has 8 heteroatoms. The number of benzene rings is 1. The summed E-state index contributed by atoms with van der Waals surface area (Å²) in [5.41, 5.74) is 0.372. The van der Waals surface area contributed by atoms with Crippen LogP contribution in [0.25, 0.3) is 0 Å². The number of amides is 3. The van der Waals surface area contributed by atoms with Gasteiger partial charge in [0.05, 0.1) is 11.3 Å². The summed E-state index contributed by atoms with van der Waals surface area (Å²) in [5, 5.41) is 3.61. The van der Waals surface area contributed by atoms with Crippen LogP contribution in [-0.2, 0) is 9.59 Å². The molecule has 4 aliphatic heterocycles. The maximum atomic E-state index is 13.3. The molecule has 2 bridgehead atoms. The van der Waals surface area contributed by atoms with Crippen LogP contribution in [0, 0.1) is 0 Å². The normalized spacial score (nSPS) is 31.9. The lowest BCUT2D eigenvalue weighted by Gasteiger charge is -2.49. The molecule has 1 aromatic rings. The molecule has 0 aromatic heterocycles. The third kappa shape index (κ3) is 3.10. The van der Waals surface area contributed by atoms with Crippen molar-refractivity contribution >= 4 is 35.8 Å². The smallest absolute Gasteiger partial charge is 0.258 e. The second-order valence-electron chi connectivity index (χ2n) is 9.12. The van der Waals surface area contributed by atoms with Crippen molar-refractivity contribution in [2.45, 2.75) is 69.2 Å². The van der Waals surface area contributed by atoms with Gasteiger partial charge in [-0.1, -0.05) is 12.1 Å². The second kappa shape index (κ2) is 7.54. The van der Waals surface area contributed by atoms with Gasteiger partial charge in [-0.25, -0.2) is 0 Å². The Morgan fingerprint density at radius 3 is 2.57 bits per heavy atom. The summed E-state index contributed by atoms with van der Waals surface area (Å²) in [6, 6.07) is 8.42. The summed E-state index contributed by atoms with van der Waals surface area (Å²) >= 11 is 0. The molecule has 0 spiro atoms. The predicted molar refractivity (Wildman–Crippen MR) is 116 cm³/mol. The number of fused-ring (bicyclic) bond motifs is 5. The standard InChI is InChI=1S/C22H28N4O3.ClH/c1-22-10-9-19(27)26(22)18-6-4-3-5-17(18)21(29)25(22)13-20(28)24(2)16-11-14-7-8-15(12-16)23-14;/h3-6,14-16,23H,7-13H2,1-2H3;1H. The molecule has 3 unspecified atom stereocenters. The molecule has 0 aliphatic carbocycles. The molecule has 3 saturated heterocycles. The van der Waals surface area contributed by atoms with Gasteiger partial charge in [0, 0.05) is 31.6 Å². The average molecular weight is 433 g/mol. The number of anilines is 1. The molecule has 3 fully saturated rings. The minimum absolute atomic E-state index is 0. The van der Waals surface area contributed by atoms with E-state index in [0.717, 1.165) is 12.8 Å². The van der Waals surface area contributed by atoms with E-state index in [4.69, 9.17) is 0 Å². The summed E-state index contributed by atoms with van der Waals surface area (Å²) in [7, 11) is 1.86. The van der Waals surface area contributed by atoms with Gasteiger partial charge in [0.1, 0.15) is 12.2 Å². The molecule has 30 heavy (non-hydrogen) atoms. The van der Waals surface area contributed by atoms with Crippen LogP contribution in [-0.4, -0.2) is 64.9 Å². The van der Waals surface area contributed by atoms with Crippen LogP contribution in [0.4, 0.5) is 5.69 Å². The van der Waals surface area contributed by atoms with E-state index in [-0.39, 0.29) is 42.7 Å². The molecular formula is C22H29ClN4O3. The first-order valence-electron chi connectivity index (χ1n) is 10.6. The van der Waals surface area contributed by atoms with Crippen molar-refractivity contribution in [3.63, 3.8) is 0 Å². The Morgan fingerprint density at radius 2 is 1.87 bits per heavy atom. The van der Waals surface area contributed by atoms with Crippen molar-refractivity contribution in [3.05, 3.63) is 29.8 Å². The van der Waals surface area contributed by atoms with Gasteiger partial charge in [-0.2, -0.15) is 0 Å². The summed E-state index contributed by atoms with van der Waals surface area (Å²) in [4.78, 5) is 44.4. The number of para-hydroxylation sites is 1. The van der Waals surface area contributed by atoms with E-state index in [1.807, 2.05) is 31.0 Å². The highest BCUT2D eigenvalue weighted by Crippen LogP contribution is 2.44. The Bertz CT molecular complexity index is 881. The Hall–Kier alpha value is -2.12. The lowest BCUT2D eigenvalue weighted by molar-refractivity contribution is -0.135. The fourth-order valence-corrected chi connectivity index (χ4v) is 5.74. The first-order valence-corrected chi connectivity index (χ1v) is 10.6. The molecule has 4 heterocycles. The van der Waals surface area contributed by atoms with Crippen LogP contribution in [0.2, 0.25) is 0 Å². The van der Waals surface area contributed by atoms with Crippen LogP contribution in [0.3, 0.4) is 0 Å². The van der Waals surface area contributed by atoms with Gasteiger partial charge in [-0.15, -0.1) is 12.4 Å². The van der Waals surface area contributed by atoms with Gasteiger partial charge in [0.15, 0.2) is 0 Å². The zero-order chi connectivity index (χ0) is 20.3. The maximum Gasteiger partial charge on any atom is 0.258 e. The van der Waals surface area contributed by atoms with E-state index in [0.29, 0.717) is 36.2 Å². The number of nitrogens with one attached hydrogen (secondary N) is 1. The Kier molecular flexibility index (Phi) is 5.31. The molecule has 1 aromatic carbocycles. The van der Waals surface area contributed by atoms with Crippen molar-refractivity contribution in [1.29, 1.82) is 0 Å². The van der Waals surface area contributed by atoms with Crippen molar-refractivity contribution in [1.82, 2.24) is 15.1 Å². The van der Waals surface area contributed by atoms with Crippen molar-refractivity contribution in [2.24, 2.45) is 0 Å². The van der Waals surface area contributed by atoms with E-state index >= 15 is 0 Å². The van der Waals surface area contributed by atoms with Crippen LogP contribution in [0.1, 0.15) is 55.8 Å². The van der Waals surface area contributed by atoms with E-state index < -0.39 is 5.66 Å². The van der Waals surface area contributed by atoms with Gasteiger partial charge in [0.25, 0.3) is 5.91 Å². The topological polar surface area (TPSA) is 73.0 Å². The fourth-order valence-electron chi connectivity index (χ4n) is 5.74. The molecule has 1 N–H and O–H groups in total. The molecule has 0 radical (unpaired) electrons. The highest BCUT2D eigenvalue weighted by molar-refractivity contribution is 6.11. The van der Waals surface area contributed by atoms with Crippen molar-refractivity contribution in [3.8, 4) is 0 Å². The number of hydrogen-bond acceptors (Lipinski definition) is 4. The molecule has 0 saturated carbocycles. The zero-order valence-corrected chi connectivity index (χ0v) is 18.3. The fraction of sp³-hybridized carbons (Fsp3) is 0.591. The number of halogens is 1. The predicted octanol–water partition coefficient (Wildman–Crippen LogP) is 2.15. The first kappa shape index (κ1) is 21.1. The third-order valence-corrected chi connectivity index (χ3v) is 7.43. The van der Waals surface area contributed by atoms with E-state index in [2.05, 4.69) is 5.32 Å². The number of carbonyl (C=O) groups is 3. The number of piperidine rings is 1. The Labute approximate surface area is 183 Å².